The first-order valence-corrected chi connectivity index (χ1v) is 6.41. The summed E-state index contributed by atoms with van der Waals surface area (Å²) in [6.45, 7) is 1.13. The number of piperidine rings is 1. The van der Waals surface area contributed by atoms with Crippen molar-refractivity contribution in [2.45, 2.75) is 25.3 Å². The summed E-state index contributed by atoms with van der Waals surface area (Å²) < 4.78 is 1.22. The van der Waals surface area contributed by atoms with Gasteiger partial charge in [-0.15, -0.1) is 0 Å². The van der Waals surface area contributed by atoms with Gasteiger partial charge < -0.3 is 5.32 Å². The molecule has 0 amide bonds. The number of halogens is 2. The summed E-state index contributed by atoms with van der Waals surface area (Å²) in [6, 6.07) is 6.80. The Balaban J connectivity index is 2.21. The zero-order chi connectivity index (χ0) is 9.97. The molecule has 2 rings (SSSR count). The van der Waals surface area contributed by atoms with Crippen molar-refractivity contribution < 1.29 is 0 Å². The van der Waals surface area contributed by atoms with Crippen molar-refractivity contribution in [3.8, 4) is 0 Å². The van der Waals surface area contributed by atoms with Crippen LogP contribution in [0.4, 0.5) is 0 Å². The molecular weight excluding hydrogens is 308 g/mol. The molecule has 14 heavy (non-hydrogen) atoms. The maximum Gasteiger partial charge on any atom is 0.0419 e. The molecule has 0 spiro atoms. The first-order chi connectivity index (χ1) is 6.75. The molecule has 1 unspecified atom stereocenters. The maximum absolute atomic E-state index is 6.04. The van der Waals surface area contributed by atoms with Gasteiger partial charge in [0, 0.05) is 14.6 Å². The van der Waals surface area contributed by atoms with Crippen molar-refractivity contribution in [3.63, 3.8) is 0 Å². The summed E-state index contributed by atoms with van der Waals surface area (Å²) in [5.74, 6) is 0. The van der Waals surface area contributed by atoms with E-state index in [1.807, 2.05) is 6.07 Å². The second-order valence-electron chi connectivity index (χ2n) is 3.71. The third-order valence-electron chi connectivity index (χ3n) is 2.60. The van der Waals surface area contributed by atoms with Crippen LogP contribution in [0.25, 0.3) is 0 Å². The smallest absolute Gasteiger partial charge is 0.0419 e. The predicted molar refractivity (Wildman–Crippen MR) is 68.8 cm³/mol. The van der Waals surface area contributed by atoms with E-state index in [4.69, 9.17) is 11.6 Å². The second-order valence-corrected chi connectivity index (χ2v) is 5.39. The van der Waals surface area contributed by atoms with Crippen molar-refractivity contribution in [3.05, 3.63) is 32.4 Å². The Hall–Kier alpha value is 0.200. The summed E-state index contributed by atoms with van der Waals surface area (Å²) in [5.41, 5.74) is 1.33. The van der Waals surface area contributed by atoms with E-state index in [9.17, 15) is 0 Å². The molecule has 1 atom stereocenters. The number of benzene rings is 1. The van der Waals surface area contributed by atoms with Crippen LogP contribution in [0.2, 0.25) is 5.02 Å². The Morgan fingerprint density at radius 2 is 2.14 bits per heavy atom. The minimum absolute atomic E-state index is 0.510. The van der Waals surface area contributed by atoms with Gasteiger partial charge >= 0.3 is 0 Å². The van der Waals surface area contributed by atoms with E-state index < -0.39 is 0 Å². The van der Waals surface area contributed by atoms with Gasteiger partial charge in [0.05, 0.1) is 0 Å². The van der Waals surface area contributed by atoms with Crippen LogP contribution in [-0.4, -0.2) is 6.54 Å². The summed E-state index contributed by atoms with van der Waals surface area (Å²) in [6.07, 6.45) is 3.85. The lowest BCUT2D eigenvalue weighted by molar-refractivity contribution is 0.412. The molecule has 1 N–H and O–H groups in total. The highest BCUT2D eigenvalue weighted by molar-refractivity contribution is 14.1. The number of rotatable bonds is 1. The Labute approximate surface area is 103 Å². The highest BCUT2D eigenvalue weighted by Gasteiger charge is 2.15. The van der Waals surface area contributed by atoms with Gasteiger partial charge in [-0.25, -0.2) is 0 Å². The normalized spacial score (nSPS) is 22.3. The van der Waals surface area contributed by atoms with E-state index >= 15 is 0 Å². The molecule has 1 aromatic carbocycles. The van der Waals surface area contributed by atoms with Crippen LogP contribution in [0.15, 0.2) is 18.2 Å². The fourth-order valence-electron chi connectivity index (χ4n) is 1.91. The lowest BCUT2D eigenvalue weighted by Gasteiger charge is -2.24. The van der Waals surface area contributed by atoms with E-state index in [1.54, 1.807) is 0 Å². The first-order valence-electron chi connectivity index (χ1n) is 4.95. The predicted octanol–water partition coefficient (Wildman–Crippen LogP) is 3.76. The largest absolute Gasteiger partial charge is 0.310 e. The Morgan fingerprint density at radius 1 is 1.29 bits per heavy atom. The van der Waals surface area contributed by atoms with Gasteiger partial charge in [-0.2, -0.15) is 0 Å². The van der Waals surface area contributed by atoms with Crippen molar-refractivity contribution >= 4 is 34.2 Å². The molecular formula is C11H13ClIN. The third-order valence-corrected chi connectivity index (χ3v) is 3.44. The van der Waals surface area contributed by atoms with Gasteiger partial charge in [-0.05, 0) is 65.7 Å². The van der Waals surface area contributed by atoms with E-state index in [0.717, 1.165) is 11.6 Å². The first kappa shape index (κ1) is 10.7. The van der Waals surface area contributed by atoms with Gasteiger partial charge in [0.25, 0.3) is 0 Å². The van der Waals surface area contributed by atoms with E-state index in [0.29, 0.717) is 6.04 Å². The lowest BCUT2D eigenvalue weighted by Crippen LogP contribution is -2.26. The highest BCUT2D eigenvalue weighted by Crippen LogP contribution is 2.26. The van der Waals surface area contributed by atoms with Crippen LogP contribution in [0.1, 0.15) is 30.9 Å². The molecule has 1 aliphatic rings. The van der Waals surface area contributed by atoms with Crippen molar-refractivity contribution in [1.29, 1.82) is 0 Å². The van der Waals surface area contributed by atoms with Gasteiger partial charge in [-0.3, -0.25) is 0 Å². The average Bonchev–Trinajstić information content (AvgIpc) is 2.18. The van der Waals surface area contributed by atoms with Crippen molar-refractivity contribution in [1.82, 2.24) is 5.32 Å². The molecule has 76 valence electrons. The SMILES string of the molecule is Clc1cc(I)cc(C2CCCCN2)c1. The Bertz CT molecular complexity index is 301. The number of hydrogen-bond acceptors (Lipinski definition) is 1. The molecule has 3 heteroatoms. The molecule has 1 nitrogen and oxygen atoms in total. The molecule has 0 aliphatic carbocycles. The fourth-order valence-corrected chi connectivity index (χ4v) is 3.04. The highest BCUT2D eigenvalue weighted by atomic mass is 127. The molecule has 1 saturated heterocycles. The molecule has 1 aliphatic heterocycles. The van der Waals surface area contributed by atoms with Gasteiger partial charge in [0.2, 0.25) is 0 Å². The van der Waals surface area contributed by atoms with Crippen LogP contribution < -0.4 is 5.32 Å². The maximum atomic E-state index is 6.04. The van der Waals surface area contributed by atoms with E-state index in [1.165, 1.54) is 28.4 Å². The van der Waals surface area contributed by atoms with Crippen molar-refractivity contribution in [2.75, 3.05) is 6.54 Å². The molecule has 1 heterocycles. The quantitative estimate of drug-likeness (QED) is 0.777. The third kappa shape index (κ3) is 2.61. The molecule has 0 radical (unpaired) electrons. The summed E-state index contributed by atoms with van der Waals surface area (Å²) in [5, 5.41) is 4.37. The summed E-state index contributed by atoms with van der Waals surface area (Å²) in [7, 11) is 0. The number of nitrogens with one attached hydrogen (secondary N) is 1. The van der Waals surface area contributed by atoms with E-state index in [-0.39, 0.29) is 0 Å². The monoisotopic (exact) mass is 321 g/mol. The molecule has 0 saturated carbocycles. The minimum atomic E-state index is 0.510. The fraction of sp³-hybridized carbons (Fsp3) is 0.455. The average molecular weight is 322 g/mol. The Morgan fingerprint density at radius 3 is 2.79 bits per heavy atom. The van der Waals surface area contributed by atoms with Crippen LogP contribution in [0.5, 0.6) is 0 Å². The standard InChI is InChI=1S/C11H13ClIN/c12-9-5-8(6-10(13)7-9)11-3-1-2-4-14-11/h5-7,11,14H,1-4H2. The van der Waals surface area contributed by atoms with Crippen LogP contribution in [0, 0.1) is 3.57 Å². The van der Waals surface area contributed by atoms with Gasteiger partial charge in [0.15, 0.2) is 0 Å². The minimum Gasteiger partial charge on any atom is -0.310 e. The second kappa shape index (κ2) is 4.81. The van der Waals surface area contributed by atoms with E-state index in [2.05, 4.69) is 40.0 Å². The summed E-state index contributed by atoms with van der Waals surface area (Å²) in [4.78, 5) is 0. The van der Waals surface area contributed by atoms with Crippen LogP contribution in [-0.2, 0) is 0 Å². The van der Waals surface area contributed by atoms with Crippen LogP contribution >= 0.6 is 34.2 Å². The summed E-state index contributed by atoms with van der Waals surface area (Å²) >= 11 is 8.35. The molecule has 0 aromatic heterocycles. The lowest BCUT2D eigenvalue weighted by atomic mass is 9.98. The zero-order valence-corrected chi connectivity index (χ0v) is 10.8. The Kier molecular flexibility index (Phi) is 3.68. The van der Waals surface area contributed by atoms with Gasteiger partial charge in [0.1, 0.15) is 0 Å². The topological polar surface area (TPSA) is 12.0 Å². The van der Waals surface area contributed by atoms with Crippen LogP contribution in [0.3, 0.4) is 0 Å². The zero-order valence-electron chi connectivity index (χ0n) is 7.89. The van der Waals surface area contributed by atoms with Gasteiger partial charge in [-0.1, -0.05) is 18.0 Å². The molecule has 1 aromatic rings. The number of hydrogen-bond donors (Lipinski definition) is 1. The van der Waals surface area contributed by atoms with Crippen molar-refractivity contribution in [2.24, 2.45) is 0 Å². The molecule has 0 bridgehead atoms. The molecule has 1 fully saturated rings.